The van der Waals surface area contributed by atoms with Crippen molar-refractivity contribution < 1.29 is 19.1 Å². The quantitative estimate of drug-likeness (QED) is 0.421. The summed E-state index contributed by atoms with van der Waals surface area (Å²) in [7, 11) is -1.25. The Balaban J connectivity index is 2.79. The van der Waals surface area contributed by atoms with Gasteiger partial charge >= 0.3 is 12.1 Å². The molecule has 5 nitrogen and oxygen atoms in total. The number of carbonyl (C=O) groups excluding carboxylic acids is 2. The second-order valence-corrected chi connectivity index (χ2v) is 14.2. The zero-order valence-corrected chi connectivity index (χ0v) is 17.2. The molecule has 0 aromatic heterocycles. The van der Waals surface area contributed by atoms with E-state index in [4.69, 9.17) is 9.47 Å². The normalized spacial score (nSPS) is 22.0. The number of hydrogen-bond donors (Lipinski definition) is 0. The molecule has 1 heterocycles. The topological polar surface area (TPSA) is 55.8 Å². The van der Waals surface area contributed by atoms with Gasteiger partial charge in [-0.1, -0.05) is 31.8 Å². The Hall–Kier alpha value is -1.30. The zero-order valence-electron chi connectivity index (χ0n) is 16.2. The van der Waals surface area contributed by atoms with Gasteiger partial charge in [-0.25, -0.2) is 9.59 Å². The molecule has 2 atom stereocenters. The van der Waals surface area contributed by atoms with Crippen LogP contribution in [0, 0.1) is 0 Å². The van der Waals surface area contributed by atoms with E-state index < -0.39 is 25.8 Å². The van der Waals surface area contributed by atoms with Gasteiger partial charge in [-0.2, -0.15) is 0 Å². The Morgan fingerprint density at radius 2 is 1.83 bits per heavy atom. The lowest BCUT2D eigenvalue weighted by Crippen LogP contribution is -2.47. The Morgan fingerprint density at radius 3 is 2.33 bits per heavy atom. The van der Waals surface area contributed by atoms with E-state index in [0.717, 1.165) is 12.5 Å². The van der Waals surface area contributed by atoms with Crippen LogP contribution in [0.2, 0.25) is 25.7 Å². The number of nitrogens with zero attached hydrogens (tertiary/aromatic N) is 1. The van der Waals surface area contributed by atoms with Gasteiger partial charge in [-0.3, -0.25) is 4.90 Å². The molecule has 0 aliphatic carbocycles. The van der Waals surface area contributed by atoms with Gasteiger partial charge in [0, 0.05) is 8.07 Å². The number of allylic oxidation sites excluding steroid dienone is 1. The Kier molecular flexibility index (Phi) is 7.07. The van der Waals surface area contributed by atoms with E-state index in [0.29, 0.717) is 13.0 Å². The van der Waals surface area contributed by atoms with Crippen molar-refractivity contribution in [2.24, 2.45) is 0 Å². The molecule has 24 heavy (non-hydrogen) atoms. The number of esters is 1. The highest BCUT2D eigenvalue weighted by Crippen LogP contribution is 2.28. The predicted octanol–water partition coefficient (Wildman–Crippen LogP) is 4.21. The molecule has 1 amide bonds. The lowest BCUT2D eigenvalue weighted by atomic mass is 10.2. The largest absolute Gasteiger partial charge is 0.464 e. The smallest absolute Gasteiger partial charge is 0.411 e. The minimum absolute atomic E-state index is 0.112. The van der Waals surface area contributed by atoms with E-state index in [1.807, 2.05) is 39.8 Å². The molecule has 1 rings (SSSR count). The van der Waals surface area contributed by atoms with Crippen molar-refractivity contribution in [1.82, 2.24) is 4.90 Å². The summed E-state index contributed by atoms with van der Waals surface area (Å²) >= 11 is 0. The van der Waals surface area contributed by atoms with Crippen LogP contribution in [0.25, 0.3) is 0 Å². The van der Waals surface area contributed by atoms with Crippen LogP contribution in [-0.2, 0) is 14.3 Å². The van der Waals surface area contributed by atoms with Crippen LogP contribution in [0.4, 0.5) is 4.79 Å². The van der Waals surface area contributed by atoms with Crippen LogP contribution in [0.1, 0.15) is 40.5 Å². The van der Waals surface area contributed by atoms with Crippen molar-refractivity contribution in [2.75, 3.05) is 6.61 Å². The van der Waals surface area contributed by atoms with E-state index in [-0.39, 0.29) is 12.0 Å². The van der Waals surface area contributed by atoms with Gasteiger partial charge in [0.1, 0.15) is 11.6 Å². The van der Waals surface area contributed by atoms with Gasteiger partial charge in [0.25, 0.3) is 0 Å². The molecule has 0 saturated carbocycles. The SMILES string of the molecule is C/C=C\[C@@H]1CC[C@@H](C(=O)OCC[Si](C)(C)C)N1C(=O)OC(C)(C)C. The Morgan fingerprint density at radius 1 is 1.21 bits per heavy atom. The summed E-state index contributed by atoms with van der Waals surface area (Å²) in [6.45, 7) is 14.5. The average molecular weight is 356 g/mol. The fourth-order valence-corrected chi connectivity index (χ4v) is 3.33. The van der Waals surface area contributed by atoms with E-state index >= 15 is 0 Å². The first-order valence-corrected chi connectivity index (χ1v) is 12.5. The van der Waals surface area contributed by atoms with E-state index in [9.17, 15) is 9.59 Å². The van der Waals surface area contributed by atoms with Crippen molar-refractivity contribution in [2.45, 2.75) is 83.9 Å². The van der Waals surface area contributed by atoms with Crippen LogP contribution in [-0.4, -0.2) is 49.3 Å². The van der Waals surface area contributed by atoms with Crippen LogP contribution in [0.5, 0.6) is 0 Å². The third kappa shape index (κ3) is 6.67. The number of amides is 1. The summed E-state index contributed by atoms with van der Waals surface area (Å²) < 4.78 is 11.0. The van der Waals surface area contributed by atoms with Crippen LogP contribution < -0.4 is 0 Å². The molecule has 6 heteroatoms. The molecule has 0 spiro atoms. The monoisotopic (exact) mass is 355 g/mol. The summed E-state index contributed by atoms with van der Waals surface area (Å²) in [6, 6.07) is 0.262. The second kappa shape index (κ2) is 8.19. The second-order valence-electron chi connectivity index (χ2n) is 8.55. The predicted molar refractivity (Wildman–Crippen MR) is 98.8 cm³/mol. The molecule has 0 N–H and O–H groups in total. The maximum absolute atomic E-state index is 12.6. The van der Waals surface area contributed by atoms with E-state index in [2.05, 4.69) is 19.6 Å². The van der Waals surface area contributed by atoms with Crippen LogP contribution in [0.3, 0.4) is 0 Å². The highest BCUT2D eigenvalue weighted by atomic mass is 28.3. The fraction of sp³-hybridized carbons (Fsp3) is 0.778. The number of hydrogen-bond acceptors (Lipinski definition) is 4. The van der Waals surface area contributed by atoms with Gasteiger partial charge in [0.15, 0.2) is 0 Å². The molecule has 0 unspecified atom stereocenters. The van der Waals surface area contributed by atoms with Crippen molar-refractivity contribution in [1.29, 1.82) is 0 Å². The molecule has 1 saturated heterocycles. The molecule has 0 aromatic carbocycles. The highest BCUT2D eigenvalue weighted by Gasteiger charge is 2.42. The van der Waals surface area contributed by atoms with Crippen molar-refractivity contribution in [3.63, 3.8) is 0 Å². The fourth-order valence-electron chi connectivity index (χ4n) is 2.61. The van der Waals surface area contributed by atoms with Crippen LogP contribution >= 0.6 is 0 Å². The maximum atomic E-state index is 12.6. The summed E-state index contributed by atoms with van der Waals surface area (Å²) in [4.78, 5) is 26.6. The number of carbonyl (C=O) groups is 2. The first-order valence-electron chi connectivity index (χ1n) is 8.75. The lowest BCUT2D eigenvalue weighted by Gasteiger charge is -2.30. The van der Waals surface area contributed by atoms with Crippen LogP contribution in [0.15, 0.2) is 12.2 Å². The first-order chi connectivity index (χ1) is 10.9. The van der Waals surface area contributed by atoms with Gasteiger partial charge in [-0.05, 0) is 46.6 Å². The zero-order chi connectivity index (χ0) is 18.5. The molecule has 1 fully saturated rings. The molecule has 0 bridgehead atoms. The maximum Gasteiger partial charge on any atom is 0.411 e. The number of ether oxygens (including phenoxy) is 2. The summed E-state index contributed by atoms with van der Waals surface area (Å²) in [6.07, 6.45) is 4.76. The van der Waals surface area contributed by atoms with Crippen molar-refractivity contribution in [3.8, 4) is 0 Å². The molecule has 0 aromatic rings. The minimum Gasteiger partial charge on any atom is -0.464 e. The molecular formula is C18H33NO4Si. The molecule has 1 aliphatic heterocycles. The molecule has 1 aliphatic rings. The third-order valence-corrected chi connectivity index (χ3v) is 5.52. The van der Waals surface area contributed by atoms with E-state index in [1.165, 1.54) is 0 Å². The van der Waals surface area contributed by atoms with Gasteiger partial charge in [0.05, 0.1) is 12.6 Å². The summed E-state index contributed by atoms with van der Waals surface area (Å²) in [5.41, 5.74) is -0.591. The van der Waals surface area contributed by atoms with Gasteiger partial charge in [-0.15, -0.1) is 0 Å². The molecular weight excluding hydrogens is 322 g/mol. The average Bonchev–Trinajstić information content (AvgIpc) is 2.79. The minimum atomic E-state index is -1.25. The summed E-state index contributed by atoms with van der Waals surface area (Å²) in [5.74, 6) is -0.314. The van der Waals surface area contributed by atoms with Gasteiger partial charge in [0.2, 0.25) is 0 Å². The lowest BCUT2D eigenvalue weighted by molar-refractivity contribution is -0.148. The molecule has 0 radical (unpaired) electrons. The Labute approximate surface area is 147 Å². The molecule has 138 valence electrons. The third-order valence-electron chi connectivity index (χ3n) is 3.82. The highest BCUT2D eigenvalue weighted by molar-refractivity contribution is 6.76. The van der Waals surface area contributed by atoms with Gasteiger partial charge < -0.3 is 9.47 Å². The summed E-state index contributed by atoms with van der Waals surface area (Å²) in [5, 5.41) is 0. The van der Waals surface area contributed by atoms with Crippen molar-refractivity contribution in [3.05, 3.63) is 12.2 Å². The number of likely N-dealkylation sites (tertiary alicyclic amines) is 1. The van der Waals surface area contributed by atoms with E-state index in [1.54, 1.807) is 4.90 Å². The Bertz CT molecular complexity index is 476. The number of rotatable bonds is 5. The first kappa shape index (κ1) is 20.7. The standard InChI is InChI=1S/C18H33NO4Si/c1-8-9-14-10-11-15(16(20)22-12-13-24(5,6)7)19(14)17(21)23-18(2,3)4/h8-9,14-15H,10-13H2,1-7H3/b9-8-/t14-,15+/m1/s1. The van der Waals surface area contributed by atoms with Crippen molar-refractivity contribution >= 4 is 20.1 Å².